The fraction of sp³-hybridized carbons (Fsp3) is 0.971. The van der Waals surface area contributed by atoms with Crippen molar-refractivity contribution in [3.8, 4) is 0 Å². The molecule has 0 aromatic heterocycles. The number of rotatable bonds is 22. The van der Waals surface area contributed by atoms with E-state index < -0.39 is 201 Å². The Hall–Kier alpha value is -1.98. The zero-order chi connectivity index (χ0) is 69.0. The molecule has 6 heterocycles. The van der Waals surface area contributed by atoms with Gasteiger partial charge in [-0.25, -0.2) is 0 Å². The third-order valence-electron chi connectivity index (χ3n) is 24.4. The number of carbonyl (C=O) groups is 2. The van der Waals surface area contributed by atoms with Crippen LogP contribution in [0, 0.1) is 34.5 Å². The summed E-state index contributed by atoms with van der Waals surface area (Å²) in [6.07, 6.45) is -15.1. The molecule has 0 aromatic carbocycles. The quantitative estimate of drug-likeness (QED) is 0.0601. The van der Waals surface area contributed by atoms with Gasteiger partial charge in [-0.15, -0.1) is 0 Å². The van der Waals surface area contributed by atoms with Gasteiger partial charge in [0.05, 0.1) is 90.7 Å². The maximum Gasteiger partial charge on any atom is 0.309 e. The minimum absolute atomic E-state index is 0.0141. The van der Waals surface area contributed by atoms with Gasteiger partial charge in [0.2, 0.25) is 0 Å². The molecule has 0 bridgehead atoms. The van der Waals surface area contributed by atoms with Gasteiger partial charge in [-0.2, -0.15) is 0 Å². The summed E-state index contributed by atoms with van der Waals surface area (Å²) in [5, 5.41) is 78.5. The van der Waals surface area contributed by atoms with Crippen LogP contribution in [0.4, 0.5) is 0 Å². The van der Waals surface area contributed by atoms with Crippen LogP contribution in [0.3, 0.4) is 0 Å². The Labute approximate surface area is 559 Å². The third-order valence-corrected chi connectivity index (χ3v) is 24.4. The van der Waals surface area contributed by atoms with Gasteiger partial charge in [-0.1, -0.05) is 27.7 Å². The highest BCUT2D eigenvalue weighted by molar-refractivity contribution is 5.72. The van der Waals surface area contributed by atoms with Crippen molar-refractivity contribution in [2.45, 2.75) is 349 Å². The van der Waals surface area contributed by atoms with E-state index in [4.69, 9.17) is 85.3 Å². The summed E-state index contributed by atoms with van der Waals surface area (Å²) in [6.45, 7) is 19.6. The van der Waals surface area contributed by atoms with E-state index in [1.807, 2.05) is 41.5 Å². The fourth-order valence-electron chi connectivity index (χ4n) is 18.5. The lowest BCUT2D eigenvalue weighted by atomic mass is 9.42. The number of aliphatic hydroxyl groups is 7. The molecule has 0 spiro atoms. The number of ether oxygens (including phenoxy) is 18. The van der Waals surface area contributed by atoms with E-state index in [1.165, 1.54) is 14.0 Å². The van der Waals surface area contributed by atoms with E-state index in [0.717, 1.165) is 25.7 Å². The average molecular weight is 1360 g/mol. The molecule has 7 N–H and O–H groups in total. The number of hydrogen-bond acceptors (Lipinski definition) is 27. The molecule has 6 aliphatic heterocycles. The van der Waals surface area contributed by atoms with Crippen molar-refractivity contribution < 1.29 is 131 Å². The van der Waals surface area contributed by atoms with Crippen molar-refractivity contribution in [2.75, 3.05) is 35.0 Å². The first-order chi connectivity index (χ1) is 45.0. The number of aliphatic hydroxyl groups excluding tert-OH is 5. The number of esters is 2. The van der Waals surface area contributed by atoms with Gasteiger partial charge in [0.25, 0.3) is 0 Å². The molecule has 0 aromatic rings. The van der Waals surface area contributed by atoms with Crippen molar-refractivity contribution in [3.05, 3.63) is 0 Å². The van der Waals surface area contributed by atoms with Crippen LogP contribution >= 0.6 is 0 Å². The topological polar surface area (TPSA) is 342 Å². The van der Waals surface area contributed by atoms with Gasteiger partial charge < -0.3 is 121 Å². The average Bonchev–Trinajstić information content (AvgIpc) is 1.59. The number of methoxy groups -OCH3 is 4. The van der Waals surface area contributed by atoms with Crippen LogP contribution in [0.2, 0.25) is 0 Å². The van der Waals surface area contributed by atoms with Gasteiger partial charge in [-0.3, -0.25) is 9.59 Å². The standard InChI is InChI=1S/C68H114O27/c1-16-31(2)63(75)87-37(8)67(76)21-22-68(77)41-18-17-39-23-40(19-20-65(39,10)42(41)24-49(66(67,68)11)88-38(9)70)89-50-25-43(71)58(32(3)82-50)91-51-26-44(78-12)59(33(4)83-51)92-52-27-45(79-13)60(34(5)84-52)93-53-28-46(80-14)61(35(6)85-53)94-54-29-47(81-15)62(36(7)86-54)95-64-57(74)56(73)55(72)48(30-69)90-64/h31-37,39-62,64,69,71-74,76-77H,16-30H2,1-15H3/t31?,32-,33-,34-,35-,36-,37+,39+,40+,41-,42+,43+,44+,45-,46-,47-,48-,49-,50+,51+,52+,53+,54+,55-,56+,57-,58-,59-,60-,61-,62-,64+,65+,66-,67-,68+/m1/s1. The summed E-state index contributed by atoms with van der Waals surface area (Å²) in [6, 6.07) is 0. The Morgan fingerprint density at radius 3 is 1.45 bits per heavy atom. The zero-order valence-corrected chi connectivity index (χ0v) is 58.4. The Morgan fingerprint density at radius 2 is 1.00 bits per heavy atom. The second-order valence-electron chi connectivity index (χ2n) is 29.7. The molecule has 10 fully saturated rings. The van der Waals surface area contributed by atoms with Gasteiger partial charge in [0.1, 0.15) is 72.7 Å². The first-order valence-corrected chi connectivity index (χ1v) is 35.1. The minimum Gasteiger partial charge on any atom is -0.462 e. The number of hydrogen-bond donors (Lipinski definition) is 7. The fourth-order valence-corrected chi connectivity index (χ4v) is 18.5. The lowest BCUT2D eigenvalue weighted by molar-refractivity contribution is -0.359. The summed E-state index contributed by atoms with van der Waals surface area (Å²) in [5.41, 5.74) is -4.55. The first-order valence-electron chi connectivity index (χ1n) is 35.1. The van der Waals surface area contributed by atoms with Gasteiger partial charge in [0.15, 0.2) is 37.7 Å². The first kappa shape index (κ1) is 75.7. The summed E-state index contributed by atoms with van der Waals surface area (Å²) in [5.74, 6) is -1.21. The van der Waals surface area contributed by atoms with E-state index in [9.17, 15) is 45.3 Å². The Bertz CT molecular complexity index is 2490. The molecule has 95 heavy (non-hydrogen) atoms. The van der Waals surface area contributed by atoms with Gasteiger partial charge >= 0.3 is 11.9 Å². The summed E-state index contributed by atoms with van der Waals surface area (Å²) >= 11 is 0. The number of carbonyl (C=O) groups excluding carboxylic acids is 2. The predicted octanol–water partition coefficient (Wildman–Crippen LogP) is 3.60. The van der Waals surface area contributed by atoms with Crippen LogP contribution in [0.5, 0.6) is 0 Å². The Balaban J connectivity index is 0.678. The van der Waals surface area contributed by atoms with Gasteiger partial charge in [-0.05, 0) is 122 Å². The van der Waals surface area contributed by atoms with Crippen molar-refractivity contribution in [1.82, 2.24) is 0 Å². The molecule has 27 heteroatoms. The maximum absolute atomic E-state index is 13.1. The summed E-state index contributed by atoms with van der Waals surface area (Å²) in [4.78, 5) is 25.9. The molecule has 10 aliphatic rings. The normalized spacial score (nSPS) is 50.9. The largest absolute Gasteiger partial charge is 0.462 e. The Morgan fingerprint density at radius 1 is 0.537 bits per heavy atom. The van der Waals surface area contributed by atoms with E-state index in [2.05, 4.69) is 6.92 Å². The Kier molecular flexibility index (Phi) is 24.6. The molecular weight excluding hydrogens is 1250 g/mol. The smallest absolute Gasteiger partial charge is 0.309 e. The summed E-state index contributed by atoms with van der Waals surface area (Å²) < 4.78 is 113. The molecule has 1 unspecified atom stereocenters. The second kappa shape index (κ2) is 30.9. The highest BCUT2D eigenvalue weighted by atomic mass is 16.8. The lowest BCUT2D eigenvalue weighted by Crippen LogP contribution is -2.72. The van der Waals surface area contributed by atoms with Crippen LogP contribution < -0.4 is 0 Å². The molecule has 4 saturated carbocycles. The molecule has 548 valence electrons. The van der Waals surface area contributed by atoms with Crippen LogP contribution in [0.1, 0.15) is 166 Å². The van der Waals surface area contributed by atoms with E-state index >= 15 is 0 Å². The van der Waals surface area contributed by atoms with Crippen molar-refractivity contribution in [1.29, 1.82) is 0 Å². The van der Waals surface area contributed by atoms with Crippen molar-refractivity contribution >= 4 is 11.9 Å². The van der Waals surface area contributed by atoms with E-state index in [0.29, 0.717) is 38.5 Å². The molecule has 0 amide bonds. The van der Waals surface area contributed by atoms with Crippen molar-refractivity contribution in [2.24, 2.45) is 34.5 Å². The predicted molar refractivity (Wildman–Crippen MR) is 331 cm³/mol. The molecular formula is C68H114O27. The third kappa shape index (κ3) is 14.9. The van der Waals surface area contributed by atoms with Gasteiger partial charge in [0, 0.05) is 67.5 Å². The minimum atomic E-state index is -1.64. The molecule has 27 nitrogen and oxygen atoms in total. The molecule has 6 saturated heterocycles. The summed E-state index contributed by atoms with van der Waals surface area (Å²) in [7, 11) is 6.33. The number of fused-ring (bicyclic) bond motifs is 5. The van der Waals surface area contributed by atoms with Crippen LogP contribution in [0.15, 0.2) is 0 Å². The SMILES string of the molecule is CCC(C)C(=O)O[C@@H](C)[C@]1(O)CC[C@]2(O)[C@@H]3CC[C@H]4C[C@@H](O[C@H]5C[C@H](O)[C@H](O[C@H]6C[C@H](OC)[C@H](O[C@H]7C[C@@H](OC)[C@H](O[C@H]8C[C@@H](OC)[C@H](O[C@H]9C[C@@H](OC)[C@H](O[C@@H]%10O[C@H](CO)[C@@H](O)[C@H](O)[C@H]%10O)[C@@H](C)O9)[C@@H](C)O8)[C@@H](C)O7)[C@@H](C)O6)[C@@H](C)O5)CC[C@]4(C)[C@H]3C[C@@H](OC(C)=O)[C@]12C. The molecule has 10 rings (SSSR count). The van der Waals surface area contributed by atoms with Crippen LogP contribution in [0.25, 0.3) is 0 Å². The highest BCUT2D eigenvalue weighted by Crippen LogP contribution is 2.71. The molecule has 0 radical (unpaired) electrons. The van der Waals surface area contributed by atoms with E-state index in [1.54, 1.807) is 42.1 Å². The van der Waals surface area contributed by atoms with Crippen LogP contribution in [-0.4, -0.2) is 266 Å². The molecule has 4 aliphatic carbocycles. The monoisotopic (exact) mass is 1360 g/mol. The van der Waals surface area contributed by atoms with E-state index in [-0.39, 0.29) is 60.9 Å². The second-order valence-corrected chi connectivity index (χ2v) is 29.7. The van der Waals surface area contributed by atoms with Crippen LogP contribution in [-0.2, 0) is 94.9 Å². The highest BCUT2D eigenvalue weighted by Gasteiger charge is 2.77. The molecule has 36 atom stereocenters. The maximum atomic E-state index is 13.1. The zero-order valence-electron chi connectivity index (χ0n) is 58.4. The lowest BCUT2D eigenvalue weighted by Gasteiger charge is -2.66. The van der Waals surface area contributed by atoms with Crippen molar-refractivity contribution in [3.63, 3.8) is 0 Å².